The van der Waals surface area contributed by atoms with Crippen LogP contribution >= 0.6 is 0 Å². The minimum absolute atomic E-state index is 0. The lowest BCUT2D eigenvalue weighted by molar-refractivity contribution is -0.275. The number of rotatable bonds is 29. The molecule has 0 spiro atoms. The van der Waals surface area contributed by atoms with Gasteiger partial charge in [-0.15, -0.1) is 73.1 Å². The van der Waals surface area contributed by atoms with E-state index in [2.05, 4.69) is 79.2 Å². The first-order valence-corrected chi connectivity index (χ1v) is 42.7. The molecule has 734 valence electrons. The molecule has 142 heavy (non-hydrogen) atoms. The summed E-state index contributed by atoms with van der Waals surface area (Å²) in [4.78, 5) is 83.6. The lowest BCUT2D eigenvalue weighted by Gasteiger charge is -2.13. The highest BCUT2D eigenvalue weighted by Crippen LogP contribution is 2.33. The van der Waals surface area contributed by atoms with E-state index in [4.69, 9.17) is 23.7 Å². The molecule has 0 fully saturated rings. The fraction of sp³-hybridized carbons (Fsp3) is 0.208. The maximum absolute atomic E-state index is 12.4. The van der Waals surface area contributed by atoms with Gasteiger partial charge in [-0.2, -0.15) is 0 Å². The topological polar surface area (TPSA) is 326 Å². The molecular formula is C101H88F12N16O13. The number of hydrogen-bond acceptors (Lipinski definition) is 25. The highest BCUT2D eigenvalue weighted by molar-refractivity contribution is 5.76. The van der Waals surface area contributed by atoms with Crippen molar-refractivity contribution in [2.75, 3.05) is 7.11 Å². The minimum Gasteiger partial charge on any atom is -0.495 e. The quantitative estimate of drug-likeness (QED) is 0.0239. The molecule has 8 aromatic heterocycles. The van der Waals surface area contributed by atoms with E-state index in [0.29, 0.717) is 80.1 Å². The molecule has 8 aromatic carbocycles. The predicted molar refractivity (Wildman–Crippen MR) is 491 cm³/mol. The number of pyridine rings is 4. The number of carbonyl (C=O) groups excluding carboxylic acids is 4. The molecule has 4 unspecified atom stereocenters. The van der Waals surface area contributed by atoms with Gasteiger partial charge in [0, 0.05) is 40.3 Å². The molecule has 0 aliphatic rings. The average Bonchev–Trinajstić information content (AvgIpc) is 1.69. The molecular weight excluding hydrogens is 1870 g/mol. The molecule has 0 amide bonds. The molecule has 0 saturated heterocycles. The van der Waals surface area contributed by atoms with Crippen molar-refractivity contribution >= 4 is 23.9 Å². The van der Waals surface area contributed by atoms with Crippen LogP contribution in [-0.4, -0.2) is 135 Å². The number of halogens is 12. The Labute approximate surface area is 803 Å². The fourth-order valence-electron chi connectivity index (χ4n) is 13.2. The Morgan fingerprint density at radius 2 is 0.528 bits per heavy atom. The van der Waals surface area contributed by atoms with Crippen LogP contribution in [0.3, 0.4) is 0 Å². The van der Waals surface area contributed by atoms with Gasteiger partial charge in [0.25, 0.3) is 0 Å². The van der Waals surface area contributed by atoms with E-state index in [1.54, 1.807) is 163 Å². The minimum atomic E-state index is -4.75. The van der Waals surface area contributed by atoms with Gasteiger partial charge >= 0.3 is 49.3 Å². The van der Waals surface area contributed by atoms with Crippen LogP contribution in [0.15, 0.2) is 293 Å². The zero-order valence-corrected chi connectivity index (χ0v) is 75.8. The number of alkyl halides is 12. The Morgan fingerprint density at radius 3 is 0.746 bits per heavy atom. The van der Waals surface area contributed by atoms with Crippen LogP contribution in [0.2, 0.25) is 0 Å². The van der Waals surface area contributed by atoms with Gasteiger partial charge in [0.1, 0.15) is 78.5 Å². The fourth-order valence-corrected chi connectivity index (χ4v) is 13.2. The van der Waals surface area contributed by atoms with Crippen LogP contribution in [0, 0.1) is 20.8 Å². The van der Waals surface area contributed by atoms with Gasteiger partial charge in [0.05, 0.1) is 84.5 Å². The van der Waals surface area contributed by atoms with Crippen LogP contribution in [-0.2, 0) is 63.8 Å². The first-order chi connectivity index (χ1) is 67.2. The molecule has 4 atom stereocenters. The van der Waals surface area contributed by atoms with E-state index in [1.165, 1.54) is 141 Å². The molecule has 8 heterocycles. The summed E-state index contributed by atoms with van der Waals surface area (Å²) in [7, 11) is 1.55. The zero-order valence-electron chi connectivity index (χ0n) is 75.8. The SMILES string of the molecule is C.COc1ccc(C(C)OC(=O)Cc2ccc(-c3ncn(-c4ccc(OC(F)(F)F)cc4)n3)cc2)nc1.Cc1ccc(C(C)OC(=O)Cc2ccc(-c3ncn(-c4ccc(OC(F)(F)F)cc4)n3)cc2)nc1.Cc1ccc(C(C)OC(=O)Cc2ccc(-c3ncn(-c4ccc(OC(F)(F)F)cc4)n3)cc2)nc1.Cc1cccc(C(C)OC(=O)Cc2ccc(-c3ncn(-c4ccc(OC(F)(F)F)cc4)n3)cc2)n1. The first kappa shape index (κ1) is 104. The smallest absolute Gasteiger partial charge is 0.495 e. The normalized spacial score (nSPS) is 12.1. The van der Waals surface area contributed by atoms with Gasteiger partial charge in [0.15, 0.2) is 23.3 Å². The van der Waals surface area contributed by atoms with Crippen LogP contribution in [0.4, 0.5) is 52.7 Å². The maximum atomic E-state index is 12.4. The highest BCUT2D eigenvalue weighted by atomic mass is 19.4. The van der Waals surface area contributed by atoms with Crippen molar-refractivity contribution in [3.63, 3.8) is 0 Å². The van der Waals surface area contributed by atoms with Crippen molar-refractivity contribution in [1.82, 2.24) is 79.0 Å². The zero-order chi connectivity index (χ0) is 101. The lowest BCUT2D eigenvalue weighted by atomic mass is 10.1. The molecule has 29 nitrogen and oxygen atoms in total. The van der Waals surface area contributed by atoms with Crippen molar-refractivity contribution in [1.29, 1.82) is 0 Å². The molecule has 0 aliphatic carbocycles. The van der Waals surface area contributed by atoms with Crippen LogP contribution in [0.25, 0.3) is 68.3 Å². The van der Waals surface area contributed by atoms with Gasteiger partial charge in [-0.1, -0.05) is 123 Å². The number of carbonyl (C=O) groups is 4. The summed E-state index contributed by atoms with van der Waals surface area (Å²) in [5.74, 6) is -0.472. The maximum Gasteiger partial charge on any atom is 0.573 e. The third-order valence-electron chi connectivity index (χ3n) is 20.2. The summed E-state index contributed by atoms with van der Waals surface area (Å²) in [5.41, 5.74) is 13.6. The van der Waals surface area contributed by atoms with Gasteiger partial charge < -0.3 is 42.6 Å². The molecule has 0 saturated carbocycles. The third-order valence-corrected chi connectivity index (χ3v) is 20.2. The van der Waals surface area contributed by atoms with E-state index in [1.807, 2.05) is 63.2 Å². The first-order valence-electron chi connectivity index (χ1n) is 42.7. The summed E-state index contributed by atoms with van der Waals surface area (Å²) in [6, 6.07) is 66.2. The Kier molecular flexibility index (Phi) is 34.3. The standard InChI is InChI=1S/C25H21F3N4O4.3C25H21F3N4O3.CH4/c1-16(22-12-11-21(34-2)14-29-22)35-23(33)13-17-3-5-18(6-4-17)24-30-15-32(31-24)19-7-9-20(10-8-19)36-25(26,27)28;2*1-16-3-12-22(29-14-16)17(2)34-23(33)13-18-4-6-19(7-5-18)24-30-15-32(31-24)20-8-10-21(11-9-20)35-25(26,27)28;1-16-4-3-5-22(30-16)17(2)34-23(33)14-18-6-8-19(9-7-18)24-29-15-32(31-24)20-10-12-21(13-11-20)35-25(26,27)28;/h3-12,14-16H,13H2,1-2H3;2*3-12,14-15,17H,13H2,1-2H3;3-13,15,17H,14H2,1-2H3;1H4. The van der Waals surface area contributed by atoms with Gasteiger partial charge in [-0.25, -0.2) is 38.7 Å². The van der Waals surface area contributed by atoms with Crippen molar-refractivity contribution in [2.45, 2.75) is 131 Å². The number of hydrogen-bond donors (Lipinski definition) is 0. The Balaban J connectivity index is 0.000000169. The van der Waals surface area contributed by atoms with Crippen molar-refractivity contribution < 1.29 is 114 Å². The molecule has 0 bridgehead atoms. The van der Waals surface area contributed by atoms with E-state index in [9.17, 15) is 71.9 Å². The highest BCUT2D eigenvalue weighted by Gasteiger charge is 2.34. The molecule has 16 rings (SSSR count). The van der Waals surface area contributed by atoms with E-state index >= 15 is 0 Å². The monoisotopic (exact) mass is 1960 g/mol. The number of nitrogens with zero attached hydrogens (tertiary/aromatic N) is 16. The number of aryl methyl sites for hydroxylation is 3. The average molecular weight is 1960 g/mol. The number of ether oxygens (including phenoxy) is 9. The molecule has 16 aromatic rings. The van der Waals surface area contributed by atoms with Crippen LogP contribution in [0.5, 0.6) is 28.7 Å². The van der Waals surface area contributed by atoms with Gasteiger partial charge in [0.2, 0.25) is 0 Å². The molecule has 0 radical (unpaired) electrons. The summed E-state index contributed by atoms with van der Waals surface area (Å²) in [6.07, 6.45) is -9.64. The van der Waals surface area contributed by atoms with E-state index in [0.717, 1.165) is 55.8 Å². The van der Waals surface area contributed by atoms with Gasteiger partial charge in [-0.05, 0) is 215 Å². The Hall–Kier alpha value is -17.0. The van der Waals surface area contributed by atoms with Crippen LogP contribution in [0.1, 0.15) is 121 Å². The number of methoxy groups -OCH3 is 1. The number of benzene rings is 8. The van der Waals surface area contributed by atoms with E-state index < -0.39 is 55.8 Å². The Morgan fingerprint density at radius 1 is 0.289 bits per heavy atom. The second-order valence-corrected chi connectivity index (χ2v) is 31.1. The largest absolute Gasteiger partial charge is 0.573 e. The van der Waals surface area contributed by atoms with Crippen molar-refractivity contribution in [3.05, 3.63) is 354 Å². The summed E-state index contributed by atoms with van der Waals surface area (Å²) in [5, 5.41) is 17.5. The Bertz CT molecular complexity index is 6620. The van der Waals surface area contributed by atoms with Crippen molar-refractivity contribution in [2.24, 2.45) is 0 Å². The summed E-state index contributed by atoms with van der Waals surface area (Å²) in [6.45, 7) is 12.8. The number of aromatic nitrogens is 16. The van der Waals surface area contributed by atoms with Crippen LogP contribution < -0.4 is 23.7 Å². The third kappa shape index (κ3) is 31.5. The molecule has 41 heteroatoms. The van der Waals surface area contributed by atoms with Gasteiger partial charge in [-0.3, -0.25) is 39.1 Å². The second-order valence-electron chi connectivity index (χ2n) is 31.1. The summed E-state index contributed by atoms with van der Waals surface area (Å²) < 4.78 is 196. The lowest BCUT2D eigenvalue weighted by Crippen LogP contribution is -2.17. The number of esters is 4. The second kappa shape index (κ2) is 46.9. The van der Waals surface area contributed by atoms with Crippen molar-refractivity contribution in [3.8, 4) is 97.0 Å². The molecule has 0 N–H and O–H groups in total. The van der Waals surface area contributed by atoms with E-state index in [-0.39, 0.29) is 74.0 Å². The molecule has 0 aliphatic heterocycles. The predicted octanol–water partition coefficient (Wildman–Crippen LogP) is 21.9. The summed E-state index contributed by atoms with van der Waals surface area (Å²) >= 11 is 0.